The average molecular weight is 463 g/mol. The standard InChI is InChI=1S/C21H20Cl2N4O4/c1-11(28)13-3-2-4-14(9-13)26-19-15(20(30)31)10-25-21(27-19)24-6-5-12-7-16(22)18(29)17(23)8-12/h2-4,7-11,28-29H,5-6H2,1H3,(H,30,31)(H2,24,25,26,27). The molecule has 0 bridgehead atoms. The quantitative estimate of drug-likeness (QED) is 0.327. The molecule has 1 atom stereocenters. The number of hydrogen-bond donors (Lipinski definition) is 5. The molecule has 0 aliphatic carbocycles. The van der Waals surface area contributed by atoms with Gasteiger partial charge in [0.25, 0.3) is 0 Å². The number of rotatable bonds is 8. The number of phenols is 1. The molecule has 5 N–H and O–H groups in total. The van der Waals surface area contributed by atoms with Gasteiger partial charge in [0, 0.05) is 18.4 Å². The van der Waals surface area contributed by atoms with Crippen molar-refractivity contribution >= 4 is 46.6 Å². The van der Waals surface area contributed by atoms with Gasteiger partial charge in [0.15, 0.2) is 11.6 Å². The smallest absolute Gasteiger partial charge is 0.341 e. The monoisotopic (exact) mass is 462 g/mol. The number of aliphatic hydroxyl groups excluding tert-OH is 1. The number of carboxylic acids is 1. The van der Waals surface area contributed by atoms with Crippen LogP contribution in [0.1, 0.15) is 34.5 Å². The molecule has 0 amide bonds. The molecule has 2 aromatic carbocycles. The van der Waals surface area contributed by atoms with Crippen molar-refractivity contribution in [2.75, 3.05) is 17.2 Å². The van der Waals surface area contributed by atoms with Crippen LogP contribution in [-0.4, -0.2) is 37.8 Å². The highest BCUT2D eigenvalue weighted by molar-refractivity contribution is 6.37. The van der Waals surface area contributed by atoms with Crippen LogP contribution in [0.15, 0.2) is 42.6 Å². The van der Waals surface area contributed by atoms with Gasteiger partial charge in [-0.3, -0.25) is 0 Å². The van der Waals surface area contributed by atoms with Crippen molar-refractivity contribution in [1.29, 1.82) is 0 Å². The zero-order chi connectivity index (χ0) is 22.5. The van der Waals surface area contributed by atoms with Gasteiger partial charge in [0.05, 0.1) is 16.1 Å². The number of nitrogens with one attached hydrogen (secondary N) is 2. The van der Waals surface area contributed by atoms with E-state index in [1.54, 1.807) is 43.3 Å². The fourth-order valence-electron chi connectivity index (χ4n) is 2.81. The Morgan fingerprint density at radius 3 is 2.55 bits per heavy atom. The highest BCUT2D eigenvalue weighted by Crippen LogP contribution is 2.32. The topological polar surface area (TPSA) is 128 Å². The van der Waals surface area contributed by atoms with Crippen LogP contribution in [0.5, 0.6) is 5.75 Å². The number of aromatic hydroxyl groups is 1. The van der Waals surface area contributed by atoms with Gasteiger partial charge in [0.1, 0.15) is 5.56 Å². The van der Waals surface area contributed by atoms with E-state index >= 15 is 0 Å². The van der Waals surface area contributed by atoms with Crippen LogP contribution in [0.4, 0.5) is 17.5 Å². The first kappa shape index (κ1) is 22.6. The van der Waals surface area contributed by atoms with Gasteiger partial charge in [-0.05, 0) is 48.7 Å². The van der Waals surface area contributed by atoms with Crippen molar-refractivity contribution in [3.05, 3.63) is 69.3 Å². The van der Waals surface area contributed by atoms with Crippen molar-refractivity contribution in [2.24, 2.45) is 0 Å². The molecular weight excluding hydrogens is 443 g/mol. The molecule has 1 aromatic heterocycles. The van der Waals surface area contributed by atoms with E-state index in [4.69, 9.17) is 23.2 Å². The third-order valence-electron chi connectivity index (χ3n) is 4.42. The summed E-state index contributed by atoms with van der Waals surface area (Å²) in [5.74, 6) is -0.990. The molecule has 31 heavy (non-hydrogen) atoms. The van der Waals surface area contributed by atoms with Crippen molar-refractivity contribution in [3.8, 4) is 5.75 Å². The summed E-state index contributed by atoms with van der Waals surface area (Å²) in [6, 6.07) is 10.2. The van der Waals surface area contributed by atoms with Crippen LogP contribution in [-0.2, 0) is 6.42 Å². The Morgan fingerprint density at radius 1 is 1.19 bits per heavy atom. The maximum atomic E-state index is 11.6. The summed E-state index contributed by atoms with van der Waals surface area (Å²) in [5, 5.41) is 35.2. The number of benzene rings is 2. The van der Waals surface area contributed by atoms with Crippen LogP contribution in [0.25, 0.3) is 0 Å². The summed E-state index contributed by atoms with van der Waals surface area (Å²) in [4.78, 5) is 19.9. The number of hydrogen-bond acceptors (Lipinski definition) is 7. The van der Waals surface area contributed by atoms with Gasteiger partial charge in [0.2, 0.25) is 5.95 Å². The average Bonchev–Trinajstić information content (AvgIpc) is 2.72. The second-order valence-electron chi connectivity index (χ2n) is 6.77. The lowest BCUT2D eigenvalue weighted by molar-refractivity contribution is 0.0697. The van der Waals surface area contributed by atoms with E-state index in [1.165, 1.54) is 6.20 Å². The van der Waals surface area contributed by atoms with Crippen LogP contribution >= 0.6 is 23.2 Å². The summed E-state index contributed by atoms with van der Waals surface area (Å²) in [6.45, 7) is 2.06. The lowest BCUT2D eigenvalue weighted by atomic mass is 10.1. The van der Waals surface area contributed by atoms with Crippen molar-refractivity contribution in [2.45, 2.75) is 19.4 Å². The molecule has 3 rings (SSSR count). The number of nitrogens with zero attached hydrogens (tertiary/aromatic N) is 2. The zero-order valence-corrected chi connectivity index (χ0v) is 17.9. The second kappa shape index (κ2) is 9.82. The molecular formula is C21H20Cl2N4O4. The molecule has 0 saturated heterocycles. The lowest BCUT2D eigenvalue weighted by Gasteiger charge is -2.13. The van der Waals surface area contributed by atoms with Crippen LogP contribution in [0, 0.1) is 0 Å². The molecule has 8 nitrogen and oxygen atoms in total. The molecule has 10 heteroatoms. The van der Waals surface area contributed by atoms with Crippen LogP contribution in [0.3, 0.4) is 0 Å². The summed E-state index contributed by atoms with van der Waals surface area (Å²) in [7, 11) is 0. The third-order valence-corrected chi connectivity index (χ3v) is 5.00. The van der Waals surface area contributed by atoms with Gasteiger partial charge in [-0.2, -0.15) is 4.98 Å². The van der Waals surface area contributed by atoms with Gasteiger partial charge in [-0.1, -0.05) is 35.3 Å². The number of halogens is 2. The number of aliphatic hydroxyl groups is 1. The zero-order valence-electron chi connectivity index (χ0n) is 16.4. The Hall–Kier alpha value is -3.07. The van der Waals surface area contributed by atoms with Crippen molar-refractivity contribution in [3.63, 3.8) is 0 Å². The van der Waals surface area contributed by atoms with E-state index in [2.05, 4.69) is 20.6 Å². The summed E-state index contributed by atoms with van der Waals surface area (Å²) in [6.07, 6.45) is 1.07. The molecule has 3 aromatic rings. The van der Waals surface area contributed by atoms with Gasteiger partial charge in [-0.25, -0.2) is 9.78 Å². The predicted molar refractivity (Wildman–Crippen MR) is 120 cm³/mol. The fraction of sp³-hybridized carbons (Fsp3) is 0.190. The number of aromatic nitrogens is 2. The molecule has 0 saturated carbocycles. The minimum atomic E-state index is -1.17. The van der Waals surface area contributed by atoms with E-state index in [0.717, 1.165) is 5.56 Å². The minimum Gasteiger partial charge on any atom is -0.505 e. The lowest BCUT2D eigenvalue weighted by Crippen LogP contribution is -2.12. The molecule has 0 aliphatic rings. The van der Waals surface area contributed by atoms with E-state index in [1.807, 2.05) is 0 Å². The Morgan fingerprint density at radius 2 is 1.90 bits per heavy atom. The Balaban J connectivity index is 1.75. The van der Waals surface area contributed by atoms with Crippen molar-refractivity contribution < 1.29 is 20.1 Å². The minimum absolute atomic E-state index is 0.0925. The van der Waals surface area contributed by atoms with E-state index in [-0.39, 0.29) is 33.1 Å². The summed E-state index contributed by atoms with van der Waals surface area (Å²) < 4.78 is 0. The van der Waals surface area contributed by atoms with Gasteiger partial charge in [-0.15, -0.1) is 0 Å². The number of phenolic OH excluding ortho intramolecular Hbond substituents is 1. The summed E-state index contributed by atoms with van der Waals surface area (Å²) >= 11 is 11.9. The van der Waals surface area contributed by atoms with E-state index in [9.17, 15) is 20.1 Å². The van der Waals surface area contributed by atoms with E-state index in [0.29, 0.717) is 24.2 Å². The molecule has 0 fully saturated rings. The first-order valence-electron chi connectivity index (χ1n) is 9.30. The molecule has 1 heterocycles. The maximum absolute atomic E-state index is 11.6. The maximum Gasteiger partial charge on any atom is 0.341 e. The normalized spacial score (nSPS) is 11.7. The van der Waals surface area contributed by atoms with Gasteiger partial charge >= 0.3 is 5.97 Å². The van der Waals surface area contributed by atoms with E-state index < -0.39 is 12.1 Å². The highest BCUT2D eigenvalue weighted by Gasteiger charge is 2.15. The number of aromatic carboxylic acids is 1. The fourth-order valence-corrected chi connectivity index (χ4v) is 3.35. The number of carbonyl (C=O) groups is 1. The molecule has 0 aliphatic heterocycles. The third kappa shape index (κ3) is 5.75. The molecule has 0 spiro atoms. The van der Waals surface area contributed by atoms with Crippen molar-refractivity contribution in [1.82, 2.24) is 9.97 Å². The molecule has 162 valence electrons. The summed E-state index contributed by atoms with van der Waals surface area (Å²) in [5.41, 5.74) is 1.97. The van der Waals surface area contributed by atoms with Crippen LogP contribution in [0.2, 0.25) is 10.0 Å². The highest BCUT2D eigenvalue weighted by atomic mass is 35.5. The number of anilines is 3. The first-order valence-corrected chi connectivity index (χ1v) is 10.1. The Kier molecular flexibility index (Phi) is 7.17. The SMILES string of the molecule is CC(O)c1cccc(Nc2nc(NCCc3cc(Cl)c(O)c(Cl)c3)ncc2C(=O)O)c1. The first-order chi connectivity index (χ1) is 14.7. The Labute approximate surface area is 188 Å². The molecule has 1 unspecified atom stereocenters. The second-order valence-corrected chi connectivity index (χ2v) is 7.59. The predicted octanol–water partition coefficient (Wildman–Crippen LogP) is 4.64. The number of carboxylic acid groups (broad SMARTS) is 1. The van der Waals surface area contributed by atoms with Gasteiger partial charge < -0.3 is 26.0 Å². The van der Waals surface area contributed by atoms with Crippen LogP contribution < -0.4 is 10.6 Å². The molecule has 0 radical (unpaired) electrons. The largest absolute Gasteiger partial charge is 0.505 e. The Bertz CT molecular complexity index is 1090.